The lowest BCUT2D eigenvalue weighted by Gasteiger charge is -2.17. The Labute approximate surface area is 167 Å². The highest BCUT2D eigenvalue weighted by atomic mass is 16.3. The predicted molar refractivity (Wildman–Crippen MR) is 113 cm³/mol. The standard InChI is InChI=1S/C24H18N4O/c29-21-14-8-7-13-19(21)23-20(15-17-9-3-1-4-10-17)24(18-11-5-2-6-12-18)28-22(26-23)16-25-27-28/h1-14,16,29H,15H2. The minimum absolute atomic E-state index is 0.199. The quantitative estimate of drug-likeness (QED) is 0.490. The lowest BCUT2D eigenvalue weighted by Crippen LogP contribution is -2.06. The zero-order valence-corrected chi connectivity index (χ0v) is 15.6. The summed E-state index contributed by atoms with van der Waals surface area (Å²) in [7, 11) is 0. The molecule has 0 unspecified atom stereocenters. The normalized spacial score (nSPS) is 11.0. The van der Waals surface area contributed by atoms with E-state index in [1.807, 2.05) is 54.6 Å². The summed E-state index contributed by atoms with van der Waals surface area (Å²) in [4.78, 5) is 4.83. The largest absolute Gasteiger partial charge is 0.507 e. The topological polar surface area (TPSA) is 63.3 Å². The van der Waals surface area contributed by atoms with E-state index in [0.717, 1.165) is 28.1 Å². The second-order valence-corrected chi connectivity index (χ2v) is 6.84. The van der Waals surface area contributed by atoms with Crippen LogP contribution in [-0.2, 0) is 6.42 Å². The van der Waals surface area contributed by atoms with Gasteiger partial charge < -0.3 is 5.11 Å². The Morgan fingerprint density at radius 1 is 0.793 bits per heavy atom. The van der Waals surface area contributed by atoms with Gasteiger partial charge in [-0.2, -0.15) is 4.52 Å². The van der Waals surface area contributed by atoms with Crippen molar-refractivity contribution in [3.63, 3.8) is 0 Å². The van der Waals surface area contributed by atoms with E-state index >= 15 is 0 Å². The Bertz CT molecular complexity index is 1280. The average molecular weight is 378 g/mol. The van der Waals surface area contributed by atoms with Crippen LogP contribution >= 0.6 is 0 Å². The number of nitrogens with zero attached hydrogens (tertiary/aromatic N) is 4. The van der Waals surface area contributed by atoms with Crippen LogP contribution < -0.4 is 0 Å². The summed E-state index contributed by atoms with van der Waals surface area (Å²) in [6.07, 6.45) is 2.29. The Morgan fingerprint density at radius 3 is 2.24 bits per heavy atom. The van der Waals surface area contributed by atoms with E-state index in [-0.39, 0.29) is 5.75 Å². The van der Waals surface area contributed by atoms with Gasteiger partial charge in [-0.25, -0.2) is 4.98 Å². The maximum absolute atomic E-state index is 10.6. The molecule has 0 atom stereocenters. The molecule has 0 aliphatic carbocycles. The molecule has 0 saturated carbocycles. The first kappa shape index (κ1) is 17.1. The number of phenolic OH excluding ortho intramolecular Hbond substituents is 1. The highest BCUT2D eigenvalue weighted by molar-refractivity contribution is 5.79. The maximum atomic E-state index is 10.6. The van der Waals surface area contributed by atoms with Crippen molar-refractivity contribution in [2.75, 3.05) is 0 Å². The van der Waals surface area contributed by atoms with Crippen molar-refractivity contribution in [3.05, 3.63) is 102 Å². The fourth-order valence-electron chi connectivity index (χ4n) is 3.64. The molecule has 5 rings (SSSR count). The lowest BCUT2D eigenvalue weighted by molar-refractivity contribution is 0.477. The van der Waals surface area contributed by atoms with Crippen LogP contribution in [0, 0.1) is 0 Å². The summed E-state index contributed by atoms with van der Waals surface area (Å²) >= 11 is 0. The first-order chi connectivity index (χ1) is 14.3. The second kappa shape index (κ2) is 7.20. The molecule has 2 aromatic heterocycles. The summed E-state index contributed by atoms with van der Waals surface area (Å²) < 4.78 is 1.77. The average Bonchev–Trinajstić information content (AvgIpc) is 3.23. The van der Waals surface area contributed by atoms with E-state index in [2.05, 4.69) is 34.6 Å². The Kier molecular flexibility index (Phi) is 4.26. The van der Waals surface area contributed by atoms with Gasteiger partial charge in [-0.3, -0.25) is 0 Å². The van der Waals surface area contributed by atoms with Crippen molar-refractivity contribution in [2.24, 2.45) is 0 Å². The van der Waals surface area contributed by atoms with E-state index in [1.54, 1.807) is 16.8 Å². The third-order valence-electron chi connectivity index (χ3n) is 4.97. The Balaban J connectivity index is 1.86. The number of aromatic hydroxyl groups is 1. The number of rotatable bonds is 4. The van der Waals surface area contributed by atoms with Crippen molar-refractivity contribution in [1.29, 1.82) is 0 Å². The van der Waals surface area contributed by atoms with Crippen LogP contribution in [-0.4, -0.2) is 24.9 Å². The molecule has 2 heterocycles. The molecular formula is C24H18N4O. The zero-order chi connectivity index (χ0) is 19.6. The molecule has 0 saturated heterocycles. The van der Waals surface area contributed by atoms with Crippen molar-refractivity contribution in [1.82, 2.24) is 19.8 Å². The fraction of sp³-hybridized carbons (Fsp3) is 0.0417. The van der Waals surface area contributed by atoms with Crippen molar-refractivity contribution in [3.8, 4) is 28.3 Å². The summed E-state index contributed by atoms with van der Waals surface area (Å²) in [5, 5.41) is 18.9. The van der Waals surface area contributed by atoms with Gasteiger partial charge in [-0.05, 0) is 17.7 Å². The zero-order valence-electron chi connectivity index (χ0n) is 15.6. The molecule has 0 aliphatic heterocycles. The smallest absolute Gasteiger partial charge is 0.176 e. The number of phenols is 1. The Morgan fingerprint density at radius 2 is 1.48 bits per heavy atom. The minimum Gasteiger partial charge on any atom is -0.507 e. The van der Waals surface area contributed by atoms with Gasteiger partial charge in [0.15, 0.2) is 5.65 Å². The summed E-state index contributed by atoms with van der Waals surface area (Å²) in [6, 6.07) is 27.6. The van der Waals surface area contributed by atoms with Crippen molar-refractivity contribution >= 4 is 5.65 Å². The third kappa shape index (κ3) is 3.12. The van der Waals surface area contributed by atoms with Gasteiger partial charge in [0.05, 0.1) is 17.6 Å². The third-order valence-corrected chi connectivity index (χ3v) is 4.97. The monoisotopic (exact) mass is 378 g/mol. The number of aromatic nitrogens is 4. The SMILES string of the molecule is Oc1ccccc1-c1nc2cnnn2c(-c2ccccc2)c1Cc1ccccc1. The van der Waals surface area contributed by atoms with Gasteiger partial charge in [0.2, 0.25) is 0 Å². The molecule has 0 fully saturated rings. The number of hydrogen-bond acceptors (Lipinski definition) is 4. The number of hydrogen-bond donors (Lipinski definition) is 1. The van der Waals surface area contributed by atoms with E-state index < -0.39 is 0 Å². The highest BCUT2D eigenvalue weighted by Gasteiger charge is 2.21. The summed E-state index contributed by atoms with van der Waals surface area (Å²) in [5.74, 6) is 0.199. The van der Waals surface area contributed by atoms with Crippen LogP contribution in [0.25, 0.3) is 28.2 Å². The van der Waals surface area contributed by atoms with Gasteiger partial charge >= 0.3 is 0 Å². The molecule has 140 valence electrons. The summed E-state index contributed by atoms with van der Waals surface area (Å²) in [5.41, 5.74) is 6.16. The van der Waals surface area contributed by atoms with E-state index in [4.69, 9.17) is 4.98 Å². The van der Waals surface area contributed by atoms with Crippen LogP contribution in [0.2, 0.25) is 0 Å². The molecule has 5 heteroatoms. The van der Waals surface area contributed by atoms with E-state index in [1.165, 1.54) is 0 Å². The molecular weight excluding hydrogens is 360 g/mol. The minimum atomic E-state index is 0.199. The van der Waals surface area contributed by atoms with E-state index in [9.17, 15) is 5.11 Å². The van der Waals surface area contributed by atoms with Crippen molar-refractivity contribution < 1.29 is 5.11 Å². The van der Waals surface area contributed by atoms with Gasteiger partial charge in [0, 0.05) is 23.1 Å². The molecule has 5 nitrogen and oxygen atoms in total. The molecule has 0 bridgehead atoms. The molecule has 5 aromatic rings. The molecule has 3 aromatic carbocycles. The fourth-order valence-corrected chi connectivity index (χ4v) is 3.64. The van der Waals surface area contributed by atoms with Gasteiger partial charge in [-0.1, -0.05) is 78.0 Å². The first-order valence-corrected chi connectivity index (χ1v) is 9.42. The predicted octanol–water partition coefficient (Wildman–Crippen LogP) is 4.75. The number of benzene rings is 3. The maximum Gasteiger partial charge on any atom is 0.176 e. The highest BCUT2D eigenvalue weighted by Crippen LogP contribution is 2.36. The molecule has 1 N–H and O–H groups in total. The number of fused-ring (bicyclic) bond motifs is 1. The van der Waals surface area contributed by atoms with Gasteiger partial charge in [0.25, 0.3) is 0 Å². The molecule has 29 heavy (non-hydrogen) atoms. The van der Waals surface area contributed by atoms with Crippen LogP contribution in [0.15, 0.2) is 91.1 Å². The molecule has 0 aliphatic rings. The van der Waals surface area contributed by atoms with Crippen LogP contribution in [0.5, 0.6) is 5.75 Å². The van der Waals surface area contributed by atoms with Crippen LogP contribution in [0.3, 0.4) is 0 Å². The molecule has 0 spiro atoms. The Hall–Kier alpha value is -3.99. The first-order valence-electron chi connectivity index (χ1n) is 9.42. The second-order valence-electron chi connectivity index (χ2n) is 6.84. The van der Waals surface area contributed by atoms with E-state index in [0.29, 0.717) is 17.6 Å². The van der Waals surface area contributed by atoms with Crippen LogP contribution in [0.4, 0.5) is 0 Å². The molecule has 0 amide bonds. The summed E-state index contributed by atoms with van der Waals surface area (Å²) in [6.45, 7) is 0. The van der Waals surface area contributed by atoms with Gasteiger partial charge in [0.1, 0.15) is 5.75 Å². The molecule has 0 radical (unpaired) electrons. The van der Waals surface area contributed by atoms with Crippen LogP contribution in [0.1, 0.15) is 11.1 Å². The van der Waals surface area contributed by atoms with Gasteiger partial charge in [-0.15, -0.1) is 5.10 Å². The lowest BCUT2D eigenvalue weighted by atomic mass is 9.94. The number of para-hydroxylation sites is 1. The van der Waals surface area contributed by atoms with Crippen molar-refractivity contribution in [2.45, 2.75) is 6.42 Å².